The lowest BCUT2D eigenvalue weighted by molar-refractivity contribution is -0.131. The summed E-state index contributed by atoms with van der Waals surface area (Å²) in [4.78, 5) is 17.5. The van der Waals surface area contributed by atoms with Gasteiger partial charge in [-0.2, -0.15) is 0 Å². The van der Waals surface area contributed by atoms with Crippen LogP contribution in [0, 0.1) is 0 Å². The Hall–Kier alpha value is -1.42. The highest BCUT2D eigenvalue weighted by Crippen LogP contribution is 2.20. The maximum absolute atomic E-state index is 11.7. The zero-order valence-corrected chi connectivity index (χ0v) is 8.81. The number of pyridine rings is 1. The molecule has 0 saturated carbocycles. The third kappa shape index (κ3) is 2.15. The molecule has 1 fully saturated rings. The topological polar surface area (TPSA) is 45.2 Å². The first-order chi connectivity index (χ1) is 7.29. The van der Waals surface area contributed by atoms with E-state index in [1.165, 1.54) is 0 Å². The zero-order valence-electron chi connectivity index (χ0n) is 8.81. The average molecular weight is 205 g/mol. The van der Waals surface area contributed by atoms with E-state index in [0.29, 0.717) is 6.42 Å². The number of hydrogen-bond acceptors (Lipinski definition) is 3. The van der Waals surface area contributed by atoms with E-state index in [1.807, 2.05) is 24.1 Å². The summed E-state index contributed by atoms with van der Waals surface area (Å²) in [5, 5.41) is 3.27. The number of likely N-dealkylation sites (N-methyl/N-ethyl adjacent to an activating group) is 1. The number of amides is 1. The summed E-state index contributed by atoms with van der Waals surface area (Å²) >= 11 is 0. The van der Waals surface area contributed by atoms with Gasteiger partial charge in [0, 0.05) is 39.0 Å². The van der Waals surface area contributed by atoms with Crippen molar-refractivity contribution in [2.75, 3.05) is 20.1 Å². The lowest BCUT2D eigenvalue weighted by Gasteiger charge is -2.25. The monoisotopic (exact) mass is 205 g/mol. The van der Waals surface area contributed by atoms with Crippen LogP contribution < -0.4 is 5.32 Å². The third-order valence-electron chi connectivity index (χ3n) is 2.81. The second-order valence-corrected chi connectivity index (χ2v) is 3.76. The molecule has 0 radical (unpaired) electrons. The van der Waals surface area contributed by atoms with Crippen molar-refractivity contribution in [2.24, 2.45) is 0 Å². The molecule has 1 aliphatic heterocycles. The molecule has 0 bridgehead atoms. The molecule has 0 aromatic carbocycles. The summed E-state index contributed by atoms with van der Waals surface area (Å²) < 4.78 is 0. The molecule has 15 heavy (non-hydrogen) atoms. The van der Waals surface area contributed by atoms with Crippen molar-refractivity contribution >= 4 is 5.91 Å². The molecule has 80 valence electrons. The average Bonchev–Trinajstić information content (AvgIpc) is 2.44. The first kappa shape index (κ1) is 10.1. The maximum Gasteiger partial charge on any atom is 0.224 e. The van der Waals surface area contributed by atoms with E-state index in [2.05, 4.69) is 10.3 Å². The normalized spacial score (nSPS) is 22.6. The first-order valence-corrected chi connectivity index (χ1v) is 5.15. The second kappa shape index (κ2) is 4.40. The maximum atomic E-state index is 11.7. The zero-order chi connectivity index (χ0) is 10.7. The Bertz CT molecular complexity index is 339. The molecular formula is C11H15N3O. The highest BCUT2D eigenvalue weighted by atomic mass is 16.2. The smallest absolute Gasteiger partial charge is 0.224 e. The van der Waals surface area contributed by atoms with Crippen LogP contribution in [-0.4, -0.2) is 35.9 Å². The fraction of sp³-hybridized carbons (Fsp3) is 0.455. The summed E-state index contributed by atoms with van der Waals surface area (Å²) in [7, 11) is 1.86. The highest BCUT2D eigenvalue weighted by Gasteiger charge is 2.23. The third-order valence-corrected chi connectivity index (χ3v) is 2.81. The molecular weight excluding hydrogens is 190 g/mol. The summed E-state index contributed by atoms with van der Waals surface area (Å²) in [6.07, 6.45) is 4.11. The van der Waals surface area contributed by atoms with Gasteiger partial charge in [-0.15, -0.1) is 0 Å². The number of carbonyl (C=O) groups is 1. The number of nitrogens with one attached hydrogen (secondary N) is 1. The fourth-order valence-electron chi connectivity index (χ4n) is 1.85. The largest absolute Gasteiger partial charge is 0.337 e. The molecule has 1 aromatic heterocycles. The van der Waals surface area contributed by atoms with Crippen LogP contribution in [0.15, 0.2) is 24.5 Å². The standard InChI is InChI=1S/C11H15N3O/c1-14-10(8-13-7-4-11(14)15)9-2-5-12-6-3-9/h2-3,5-6,10,13H,4,7-8H2,1H3. The summed E-state index contributed by atoms with van der Waals surface area (Å²) in [6.45, 7) is 1.58. The summed E-state index contributed by atoms with van der Waals surface area (Å²) in [5.74, 6) is 0.196. The van der Waals surface area contributed by atoms with Crippen molar-refractivity contribution in [2.45, 2.75) is 12.5 Å². The van der Waals surface area contributed by atoms with E-state index in [4.69, 9.17) is 0 Å². The van der Waals surface area contributed by atoms with Crippen LogP contribution >= 0.6 is 0 Å². The lowest BCUT2D eigenvalue weighted by Crippen LogP contribution is -2.32. The van der Waals surface area contributed by atoms with Crippen molar-refractivity contribution in [3.63, 3.8) is 0 Å². The first-order valence-electron chi connectivity index (χ1n) is 5.15. The lowest BCUT2D eigenvalue weighted by atomic mass is 10.1. The predicted octanol–water partition coefficient (Wildman–Crippen LogP) is 0.574. The van der Waals surface area contributed by atoms with Crippen LogP contribution in [0.3, 0.4) is 0 Å². The highest BCUT2D eigenvalue weighted by molar-refractivity contribution is 5.77. The summed E-state index contributed by atoms with van der Waals surface area (Å²) in [6, 6.07) is 4.05. The fourth-order valence-corrected chi connectivity index (χ4v) is 1.85. The van der Waals surface area contributed by atoms with Gasteiger partial charge in [-0.3, -0.25) is 9.78 Å². The van der Waals surface area contributed by atoms with E-state index >= 15 is 0 Å². The molecule has 1 unspecified atom stereocenters. The van der Waals surface area contributed by atoms with Gasteiger partial charge in [0.25, 0.3) is 0 Å². The van der Waals surface area contributed by atoms with Gasteiger partial charge >= 0.3 is 0 Å². The molecule has 0 spiro atoms. The van der Waals surface area contributed by atoms with E-state index in [9.17, 15) is 4.79 Å². The molecule has 1 aromatic rings. The Balaban J connectivity index is 2.23. The van der Waals surface area contributed by atoms with Gasteiger partial charge < -0.3 is 10.2 Å². The van der Waals surface area contributed by atoms with E-state index in [-0.39, 0.29) is 11.9 Å². The molecule has 2 heterocycles. The van der Waals surface area contributed by atoms with Crippen molar-refractivity contribution < 1.29 is 4.79 Å². The van der Waals surface area contributed by atoms with Crippen LogP contribution in [0.2, 0.25) is 0 Å². The molecule has 4 nitrogen and oxygen atoms in total. The Morgan fingerprint density at radius 3 is 2.93 bits per heavy atom. The number of hydrogen-bond donors (Lipinski definition) is 1. The number of nitrogens with zero attached hydrogens (tertiary/aromatic N) is 2. The van der Waals surface area contributed by atoms with Gasteiger partial charge in [0.1, 0.15) is 0 Å². The number of rotatable bonds is 1. The SMILES string of the molecule is CN1C(=O)CCNCC1c1ccncc1. The Kier molecular flexibility index (Phi) is 2.97. The van der Waals surface area contributed by atoms with Gasteiger partial charge in [0.2, 0.25) is 5.91 Å². The molecule has 1 N–H and O–H groups in total. The Labute approximate surface area is 89.3 Å². The minimum Gasteiger partial charge on any atom is -0.337 e. The Morgan fingerprint density at radius 1 is 1.47 bits per heavy atom. The number of carbonyl (C=O) groups excluding carboxylic acids is 1. The minimum absolute atomic E-state index is 0.128. The molecule has 1 saturated heterocycles. The van der Waals surface area contributed by atoms with Gasteiger partial charge in [-0.25, -0.2) is 0 Å². The Morgan fingerprint density at radius 2 is 2.20 bits per heavy atom. The molecule has 2 rings (SSSR count). The van der Waals surface area contributed by atoms with Crippen molar-refractivity contribution in [3.05, 3.63) is 30.1 Å². The van der Waals surface area contributed by atoms with Crippen molar-refractivity contribution in [1.82, 2.24) is 15.2 Å². The van der Waals surface area contributed by atoms with Crippen LogP contribution in [0.5, 0.6) is 0 Å². The quantitative estimate of drug-likeness (QED) is 0.729. The molecule has 1 atom stereocenters. The minimum atomic E-state index is 0.128. The van der Waals surface area contributed by atoms with Gasteiger partial charge in [-0.1, -0.05) is 0 Å². The van der Waals surface area contributed by atoms with Crippen molar-refractivity contribution in [3.8, 4) is 0 Å². The van der Waals surface area contributed by atoms with Crippen LogP contribution in [0.1, 0.15) is 18.0 Å². The van der Waals surface area contributed by atoms with Gasteiger partial charge in [0.15, 0.2) is 0 Å². The van der Waals surface area contributed by atoms with Crippen molar-refractivity contribution in [1.29, 1.82) is 0 Å². The van der Waals surface area contributed by atoms with E-state index < -0.39 is 0 Å². The molecule has 1 amide bonds. The second-order valence-electron chi connectivity index (χ2n) is 3.76. The molecule has 4 heteroatoms. The van der Waals surface area contributed by atoms with Gasteiger partial charge in [0.05, 0.1) is 6.04 Å². The number of aromatic nitrogens is 1. The van der Waals surface area contributed by atoms with Gasteiger partial charge in [-0.05, 0) is 17.7 Å². The summed E-state index contributed by atoms with van der Waals surface area (Å²) in [5.41, 5.74) is 1.13. The molecule has 1 aliphatic rings. The van der Waals surface area contributed by atoms with Crippen LogP contribution in [0.4, 0.5) is 0 Å². The van der Waals surface area contributed by atoms with E-state index in [1.54, 1.807) is 12.4 Å². The van der Waals surface area contributed by atoms with E-state index in [0.717, 1.165) is 18.7 Å². The predicted molar refractivity (Wildman–Crippen MR) is 57.2 cm³/mol. The van der Waals surface area contributed by atoms with Crippen LogP contribution in [0.25, 0.3) is 0 Å². The molecule has 0 aliphatic carbocycles. The van der Waals surface area contributed by atoms with Crippen LogP contribution in [-0.2, 0) is 4.79 Å².